The number of carbonyl (C=O) groups excluding carboxylic acids is 2. The number of anilines is 1. The average Bonchev–Trinajstić information content (AvgIpc) is 2.69. The summed E-state index contributed by atoms with van der Waals surface area (Å²) in [5.74, 6) is 0.628. The van der Waals surface area contributed by atoms with Gasteiger partial charge in [-0.2, -0.15) is 0 Å². The third kappa shape index (κ3) is 4.91. The summed E-state index contributed by atoms with van der Waals surface area (Å²) in [7, 11) is 0. The van der Waals surface area contributed by atoms with Crippen LogP contribution >= 0.6 is 0 Å². The summed E-state index contributed by atoms with van der Waals surface area (Å²) >= 11 is 0. The standard InChI is InChI=1S/C23H28N2O3/c1-16-13-17(2)22(18(3)14-16)24-23(27)19-9-11-25(12-10-19)21(26)15-28-20-7-5-4-6-8-20/h4-8,13-14,19H,9-12,15H2,1-3H3,(H,24,27). The Bertz CT molecular complexity index is 817. The molecule has 0 bridgehead atoms. The van der Waals surface area contributed by atoms with Crippen LogP contribution in [0, 0.1) is 26.7 Å². The molecule has 0 saturated carbocycles. The maximum absolute atomic E-state index is 12.7. The molecule has 0 atom stereocenters. The minimum atomic E-state index is -0.0702. The van der Waals surface area contributed by atoms with Crippen LogP contribution in [-0.4, -0.2) is 36.4 Å². The van der Waals surface area contributed by atoms with Crippen molar-refractivity contribution in [1.29, 1.82) is 0 Å². The van der Waals surface area contributed by atoms with Crippen LogP contribution in [0.4, 0.5) is 5.69 Å². The van der Waals surface area contributed by atoms with E-state index in [2.05, 4.69) is 24.4 Å². The molecule has 0 aromatic heterocycles. The van der Waals surface area contributed by atoms with Crippen LogP contribution in [0.5, 0.6) is 5.75 Å². The van der Waals surface area contributed by atoms with E-state index in [0.29, 0.717) is 31.7 Å². The summed E-state index contributed by atoms with van der Waals surface area (Å²) in [6.45, 7) is 7.29. The average molecular weight is 380 g/mol. The topological polar surface area (TPSA) is 58.6 Å². The van der Waals surface area contributed by atoms with Gasteiger partial charge in [0.05, 0.1) is 0 Å². The van der Waals surface area contributed by atoms with Gasteiger partial charge in [-0.1, -0.05) is 35.9 Å². The molecule has 1 aliphatic heterocycles. The molecule has 0 unspecified atom stereocenters. The second kappa shape index (κ2) is 8.91. The van der Waals surface area contributed by atoms with E-state index < -0.39 is 0 Å². The highest BCUT2D eigenvalue weighted by Gasteiger charge is 2.28. The molecule has 0 aliphatic carbocycles. The Morgan fingerprint density at radius 3 is 2.25 bits per heavy atom. The van der Waals surface area contributed by atoms with Gasteiger partial charge < -0.3 is 15.0 Å². The Hall–Kier alpha value is -2.82. The number of rotatable bonds is 5. The van der Waals surface area contributed by atoms with Gasteiger partial charge in [0.2, 0.25) is 5.91 Å². The lowest BCUT2D eigenvalue weighted by molar-refractivity contribution is -0.136. The lowest BCUT2D eigenvalue weighted by Gasteiger charge is -2.31. The van der Waals surface area contributed by atoms with Gasteiger partial charge in [-0.25, -0.2) is 0 Å². The van der Waals surface area contributed by atoms with Gasteiger partial charge in [-0.15, -0.1) is 0 Å². The van der Waals surface area contributed by atoms with E-state index in [4.69, 9.17) is 4.74 Å². The smallest absolute Gasteiger partial charge is 0.260 e. The lowest BCUT2D eigenvalue weighted by atomic mass is 9.95. The van der Waals surface area contributed by atoms with Crippen molar-refractivity contribution in [3.8, 4) is 5.75 Å². The molecule has 3 rings (SSSR count). The second-order valence-electron chi connectivity index (χ2n) is 7.52. The van der Waals surface area contributed by atoms with E-state index in [1.165, 1.54) is 5.56 Å². The van der Waals surface area contributed by atoms with Crippen LogP contribution in [0.25, 0.3) is 0 Å². The maximum atomic E-state index is 12.7. The van der Waals surface area contributed by atoms with E-state index in [-0.39, 0.29) is 24.3 Å². The molecule has 0 spiro atoms. The van der Waals surface area contributed by atoms with Crippen LogP contribution in [0.15, 0.2) is 42.5 Å². The SMILES string of the molecule is Cc1cc(C)c(NC(=O)C2CCN(C(=O)COc3ccccc3)CC2)c(C)c1. The molecule has 2 aromatic carbocycles. The Morgan fingerprint density at radius 1 is 1.04 bits per heavy atom. The van der Waals surface area contributed by atoms with E-state index in [1.54, 1.807) is 4.90 Å². The molecular weight excluding hydrogens is 352 g/mol. The van der Waals surface area contributed by atoms with Crippen molar-refractivity contribution in [2.75, 3.05) is 25.0 Å². The normalized spacial score (nSPS) is 14.6. The molecule has 148 valence electrons. The summed E-state index contributed by atoms with van der Waals surface area (Å²) < 4.78 is 5.54. The van der Waals surface area contributed by atoms with Crippen LogP contribution in [0.1, 0.15) is 29.5 Å². The van der Waals surface area contributed by atoms with Crippen molar-refractivity contribution < 1.29 is 14.3 Å². The molecule has 1 fully saturated rings. The predicted octanol–water partition coefficient (Wildman–Crippen LogP) is 3.87. The number of hydrogen-bond donors (Lipinski definition) is 1. The van der Waals surface area contributed by atoms with Gasteiger partial charge in [0.25, 0.3) is 5.91 Å². The first-order chi connectivity index (χ1) is 13.4. The Morgan fingerprint density at radius 2 is 1.64 bits per heavy atom. The number of carbonyl (C=O) groups is 2. The zero-order valence-electron chi connectivity index (χ0n) is 16.8. The van der Waals surface area contributed by atoms with Gasteiger partial charge in [-0.05, 0) is 56.9 Å². The van der Waals surface area contributed by atoms with Gasteiger partial charge in [-0.3, -0.25) is 9.59 Å². The zero-order chi connectivity index (χ0) is 20.1. The number of aryl methyl sites for hydroxylation is 3. The quantitative estimate of drug-likeness (QED) is 0.857. The number of nitrogens with one attached hydrogen (secondary N) is 1. The number of piperidine rings is 1. The summed E-state index contributed by atoms with van der Waals surface area (Å²) in [6.07, 6.45) is 1.35. The van der Waals surface area contributed by atoms with Crippen molar-refractivity contribution in [3.63, 3.8) is 0 Å². The van der Waals surface area contributed by atoms with Gasteiger partial charge in [0.15, 0.2) is 6.61 Å². The molecule has 1 N–H and O–H groups in total. The number of ether oxygens (including phenoxy) is 1. The molecule has 2 amide bonds. The molecule has 0 radical (unpaired) electrons. The summed E-state index contributed by atoms with van der Waals surface area (Å²) in [5.41, 5.74) is 4.26. The highest BCUT2D eigenvalue weighted by molar-refractivity contribution is 5.94. The fourth-order valence-electron chi connectivity index (χ4n) is 3.75. The van der Waals surface area contributed by atoms with Gasteiger partial charge >= 0.3 is 0 Å². The summed E-state index contributed by atoms with van der Waals surface area (Å²) in [5, 5.41) is 3.10. The summed E-state index contributed by atoms with van der Waals surface area (Å²) in [4.78, 5) is 26.9. The first-order valence-corrected chi connectivity index (χ1v) is 9.78. The molecule has 1 aliphatic rings. The van der Waals surface area contributed by atoms with E-state index in [0.717, 1.165) is 16.8 Å². The number of likely N-dealkylation sites (tertiary alicyclic amines) is 1. The van der Waals surface area contributed by atoms with Gasteiger partial charge in [0, 0.05) is 24.7 Å². The van der Waals surface area contributed by atoms with E-state index >= 15 is 0 Å². The third-order valence-electron chi connectivity index (χ3n) is 5.25. The number of amides is 2. The van der Waals surface area contributed by atoms with Crippen molar-refractivity contribution in [3.05, 3.63) is 59.2 Å². The van der Waals surface area contributed by atoms with Crippen LogP contribution in [-0.2, 0) is 9.59 Å². The van der Waals surface area contributed by atoms with Crippen LogP contribution in [0.2, 0.25) is 0 Å². The largest absolute Gasteiger partial charge is 0.484 e. The molecule has 5 heteroatoms. The molecule has 1 saturated heterocycles. The Kier molecular flexibility index (Phi) is 6.34. The number of nitrogens with zero attached hydrogens (tertiary/aromatic N) is 1. The lowest BCUT2D eigenvalue weighted by Crippen LogP contribution is -2.43. The third-order valence-corrected chi connectivity index (χ3v) is 5.25. The molecule has 28 heavy (non-hydrogen) atoms. The maximum Gasteiger partial charge on any atom is 0.260 e. The second-order valence-corrected chi connectivity index (χ2v) is 7.52. The minimum absolute atomic E-state index is 0.0304. The zero-order valence-corrected chi connectivity index (χ0v) is 16.8. The van der Waals surface area contributed by atoms with Gasteiger partial charge in [0.1, 0.15) is 5.75 Å². The predicted molar refractivity (Wildman–Crippen MR) is 111 cm³/mol. The highest BCUT2D eigenvalue weighted by atomic mass is 16.5. The first kappa shape index (κ1) is 19.9. The fourth-order valence-corrected chi connectivity index (χ4v) is 3.75. The van der Waals surface area contributed by atoms with Crippen molar-refractivity contribution in [2.45, 2.75) is 33.6 Å². The Labute approximate surface area is 166 Å². The van der Waals surface area contributed by atoms with Crippen LogP contribution in [0.3, 0.4) is 0 Å². The summed E-state index contributed by atoms with van der Waals surface area (Å²) in [6, 6.07) is 13.5. The minimum Gasteiger partial charge on any atom is -0.484 e. The van der Waals surface area contributed by atoms with Crippen molar-refractivity contribution >= 4 is 17.5 Å². The number of hydrogen-bond acceptors (Lipinski definition) is 3. The molecule has 5 nitrogen and oxygen atoms in total. The van der Waals surface area contributed by atoms with Crippen molar-refractivity contribution in [1.82, 2.24) is 4.90 Å². The fraction of sp³-hybridized carbons (Fsp3) is 0.391. The first-order valence-electron chi connectivity index (χ1n) is 9.78. The van der Waals surface area contributed by atoms with Crippen LogP contribution < -0.4 is 10.1 Å². The monoisotopic (exact) mass is 380 g/mol. The molecule has 1 heterocycles. The highest BCUT2D eigenvalue weighted by Crippen LogP contribution is 2.25. The van der Waals surface area contributed by atoms with E-state index in [9.17, 15) is 9.59 Å². The molecule has 2 aromatic rings. The number of benzene rings is 2. The Balaban J connectivity index is 1.49. The number of para-hydroxylation sites is 1. The molecular formula is C23H28N2O3. The van der Waals surface area contributed by atoms with Crippen molar-refractivity contribution in [2.24, 2.45) is 5.92 Å². The van der Waals surface area contributed by atoms with E-state index in [1.807, 2.05) is 44.2 Å².